The molecule has 8 heteroatoms. The second-order valence-corrected chi connectivity index (χ2v) is 7.96. The van der Waals surface area contributed by atoms with Crippen LogP contribution >= 0.6 is 27.3 Å². The smallest absolute Gasteiger partial charge is 0.267 e. The second kappa shape index (κ2) is 8.18. The molecule has 1 aromatic heterocycles. The minimum atomic E-state index is -0.399. The Balaban J connectivity index is 1.76. The Morgan fingerprint density at radius 2 is 1.79 bits per heavy atom. The van der Waals surface area contributed by atoms with E-state index in [1.54, 1.807) is 36.4 Å². The molecule has 0 saturated carbocycles. The van der Waals surface area contributed by atoms with Gasteiger partial charge < -0.3 is 0 Å². The van der Waals surface area contributed by atoms with Crippen LogP contribution in [0.25, 0.3) is 10.2 Å². The van der Waals surface area contributed by atoms with Crippen LogP contribution in [-0.2, 0) is 0 Å². The zero-order chi connectivity index (χ0) is 20.4. The van der Waals surface area contributed by atoms with Crippen LogP contribution in [0.15, 0.2) is 76.3 Å². The zero-order valence-corrected chi connectivity index (χ0v) is 17.1. The lowest BCUT2D eigenvalue weighted by molar-refractivity contribution is 0.0988. The number of nitrogens with zero attached hydrogens (tertiary/aromatic N) is 3. The number of benzene rings is 3. The number of halogens is 3. The maximum atomic E-state index is 13.5. The fraction of sp³-hybridized carbons (Fsp3) is 0. The van der Waals surface area contributed by atoms with Crippen LogP contribution in [0.3, 0.4) is 0 Å². The van der Waals surface area contributed by atoms with Gasteiger partial charge in [-0.25, -0.2) is 13.8 Å². The van der Waals surface area contributed by atoms with Crippen molar-refractivity contribution in [1.82, 2.24) is 4.98 Å². The fourth-order valence-corrected chi connectivity index (χ4v) is 3.93. The summed E-state index contributed by atoms with van der Waals surface area (Å²) < 4.78 is 28.0. The average molecular weight is 472 g/mol. The number of carbonyl (C=O) groups excluding carboxylic acids is 1. The molecule has 3 aromatic carbocycles. The lowest BCUT2D eigenvalue weighted by Gasteiger charge is -2.14. The van der Waals surface area contributed by atoms with Crippen LogP contribution < -0.4 is 5.01 Å². The normalized spacial score (nSPS) is 11.3. The highest BCUT2D eigenvalue weighted by Gasteiger charge is 2.21. The van der Waals surface area contributed by atoms with Gasteiger partial charge in [0.05, 0.1) is 16.4 Å². The molecule has 144 valence electrons. The highest BCUT2D eigenvalue weighted by Crippen LogP contribution is 2.30. The molecule has 0 aliphatic heterocycles. The first-order valence-corrected chi connectivity index (χ1v) is 10.1. The first-order valence-electron chi connectivity index (χ1n) is 8.45. The van der Waals surface area contributed by atoms with Crippen molar-refractivity contribution in [2.24, 2.45) is 5.10 Å². The highest BCUT2D eigenvalue weighted by molar-refractivity contribution is 9.10. The second-order valence-electron chi connectivity index (χ2n) is 6.03. The summed E-state index contributed by atoms with van der Waals surface area (Å²) in [7, 11) is 0. The average Bonchev–Trinajstić information content (AvgIpc) is 3.12. The summed E-state index contributed by atoms with van der Waals surface area (Å²) >= 11 is 4.51. The lowest BCUT2D eigenvalue weighted by atomic mass is 10.2. The van der Waals surface area contributed by atoms with E-state index in [9.17, 15) is 13.6 Å². The first-order chi connectivity index (χ1) is 14.0. The van der Waals surface area contributed by atoms with Gasteiger partial charge in [0, 0.05) is 10.0 Å². The third-order valence-electron chi connectivity index (χ3n) is 3.98. The summed E-state index contributed by atoms with van der Waals surface area (Å²) in [5, 5.41) is 5.75. The Hall–Kier alpha value is -2.97. The van der Waals surface area contributed by atoms with Gasteiger partial charge in [-0.05, 0) is 54.1 Å². The summed E-state index contributed by atoms with van der Waals surface area (Å²) in [5.74, 6) is -1.14. The highest BCUT2D eigenvalue weighted by atomic mass is 79.9. The lowest BCUT2D eigenvalue weighted by Crippen LogP contribution is -2.25. The summed E-state index contributed by atoms with van der Waals surface area (Å²) in [6.07, 6.45) is 1.45. The van der Waals surface area contributed by atoms with E-state index in [-0.39, 0.29) is 11.6 Å². The van der Waals surface area contributed by atoms with E-state index in [1.807, 2.05) is 6.07 Å². The number of hydrazone groups is 1. The summed E-state index contributed by atoms with van der Waals surface area (Å²) in [4.78, 5) is 17.6. The van der Waals surface area contributed by atoms with Gasteiger partial charge in [0.1, 0.15) is 11.6 Å². The van der Waals surface area contributed by atoms with E-state index >= 15 is 0 Å². The molecule has 4 nitrogen and oxygen atoms in total. The molecule has 1 amide bonds. The van der Waals surface area contributed by atoms with E-state index in [2.05, 4.69) is 26.0 Å². The Morgan fingerprint density at radius 3 is 2.55 bits per heavy atom. The molecule has 0 bridgehead atoms. The molecule has 0 atom stereocenters. The minimum Gasteiger partial charge on any atom is -0.267 e. The van der Waals surface area contributed by atoms with Crippen LogP contribution in [0.1, 0.15) is 15.9 Å². The predicted octanol–water partition coefficient (Wildman–Crippen LogP) is 6.02. The molecule has 0 fully saturated rings. The Kier molecular flexibility index (Phi) is 5.46. The number of anilines is 1. The molecule has 4 rings (SSSR count). The molecule has 0 spiro atoms. The molecule has 4 aromatic rings. The topological polar surface area (TPSA) is 45.6 Å². The number of hydrogen-bond donors (Lipinski definition) is 0. The van der Waals surface area contributed by atoms with Crippen LogP contribution in [0.2, 0.25) is 0 Å². The van der Waals surface area contributed by atoms with Crippen LogP contribution in [-0.4, -0.2) is 17.1 Å². The molecular formula is C21H12BrF2N3OS. The molecule has 0 saturated heterocycles. The van der Waals surface area contributed by atoms with Crippen molar-refractivity contribution in [3.8, 4) is 0 Å². The van der Waals surface area contributed by atoms with Gasteiger partial charge in [-0.15, -0.1) is 0 Å². The number of thiazole rings is 1. The van der Waals surface area contributed by atoms with Gasteiger partial charge in [-0.1, -0.05) is 45.5 Å². The van der Waals surface area contributed by atoms with Gasteiger partial charge in [-0.2, -0.15) is 10.1 Å². The third-order valence-corrected chi connectivity index (χ3v) is 5.46. The minimum absolute atomic E-state index is 0.300. The molecule has 29 heavy (non-hydrogen) atoms. The predicted molar refractivity (Wildman–Crippen MR) is 115 cm³/mol. The van der Waals surface area contributed by atoms with E-state index in [1.165, 1.54) is 30.5 Å². The number of carbonyl (C=O) groups is 1. The monoisotopic (exact) mass is 471 g/mol. The van der Waals surface area contributed by atoms with E-state index in [0.29, 0.717) is 26.5 Å². The Labute approximate surface area is 177 Å². The first kappa shape index (κ1) is 19.4. The molecule has 0 unspecified atom stereocenters. The number of fused-ring (bicyclic) bond motifs is 1. The molecule has 0 radical (unpaired) electrons. The van der Waals surface area contributed by atoms with Crippen molar-refractivity contribution in [2.75, 3.05) is 5.01 Å². The zero-order valence-electron chi connectivity index (χ0n) is 14.7. The summed E-state index contributed by atoms with van der Waals surface area (Å²) in [5.41, 5.74) is 1.59. The van der Waals surface area contributed by atoms with E-state index in [4.69, 9.17) is 0 Å². The fourth-order valence-electron chi connectivity index (χ4n) is 2.58. The van der Waals surface area contributed by atoms with Crippen molar-refractivity contribution >= 4 is 54.7 Å². The molecule has 0 aliphatic carbocycles. The van der Waals surface area contributed by atoms with Crippen molar-refractivity contribution in [2.45, 2.75) is 0 Å². The molecule has 1 heterocycles. The molecule has 0 N–H and O–H groups in total. The van der Waals surface area contributed by atoms with E-state index < -0.39 is 5.91 Å². The van der Waals surface area contributed by atoms with E-state index in [0.717, 1.165) is 20.8 Å². The molecule has 0 aliphatic rings. The number of rotatable bonds is 4. The van der Waals surface area contributed by atoms with Crippen LogP contribution in [0.4, 0.5) is 13.9 Å². The van der Waals surface area contributed by atoms with Gasteiger partial charge >= 0.3 is 0 Å². The SMILES string of the molecule is O=C(c1cccc(Br)c1)N(/N=C/c1ccc(F)cc1)c1nc2ccc(F)cc2s1. The standard InChI is InChI=1S/C21H12BrF2N3OS/c22-15-3-1-2-14(10-15)20(28)27(25-12-13-4-6-16(23)7-5-13)21-26-18-9-8-17(24)11-19(18)29-21/h1-12H/b25-12+. The summed E-state index contributed by atoms with van der Waals surface area (Å²) in [6, 6.07) is 16.8. The van der Waals surface area contributed by atoms with Crippen molar-refractivity contribution in [3.05, 3.63) is 94.0 Å². The van der Waals surface area contributed by atoms with Gasteiger partial charge in [0.15, 0.2) is 0 Å². The Bertz CT molecular complexity index is 1220. The largest absolute Gasteiger partial charge is 0.280 e. The van der Waals surface area contributed by atoms with Crippen molar-refractivity contribution in [1.29, 1.82) is 0 Å². The van der Waals surface area contributed by atoms with Crippen molar-refractivity contribution in [3.63, 3.8) is 0 Å². The number of amides is 1. The maximum absolute atomic E-state index is 13.5. The summed E-state index contributed by atoms with van der Waals surface area (Å²) in [6.45, 7) is 0. The number of aromatic nitrogens is 1. The quantitative estimate of drug-likeness (QED) is 0.270. The third kappa shape index (κ3) is 4.38. The van der Waals surface area contributed by atoms with Gasteiger partial charge in [-0.3, -0.25) is 4.79 Å². The number of hydrogen-bond acceptors (Lipinski definition) is 4. The van der Waals surface area contributed by atoms with Crippen LogP contribution in [0.5, 0.6) is 0 Å². The van der Waals surface area contributed by atoms with Gasteiger partial charge in [0.25, 0.3) is 5.91 Å². The maximum Gasteiger partial charge on any atom is 0.280 e. The van der Waals surface area contributed by atoms with Gasteiger partial charge in [0.2, 0.25) is 5.13 Å². The van der Waals surface area contributed by atoms with Crippen LogP contribution in [0, 0.1) is 11.6 Å². The molecular weight excluding hydrogens is 460 g/mol. The van der Waals surface area contributed by atoms with Crippen molar-refractivity contribution < 1.29 is 13.6 Å². The Morgan fingerprint density at radius 1 is 1.03 bits per heavy atom.